The second kappa shape index (κ2) is 6.49. The smallest absolute Gasteiger partial charge is 0.147 e. The van der Waals surface area contributed by atoms with Crippen molar-refractivity contribution < 1.29 is 4.74 Å². The second-order valence-electron chi connectivity index (χ2n) is 7.35. The number of ether oxygens (including phenoxy) is 1. The molecule has 2 aliphatic heterocycles. The van der Waals surface area contributed by atoms with Gasteiger partial charge in [0.15, 0.2) is 0 Å². The monoisotopic (exact) mass is 313 g/mol. The number of rotatable bonds is 4. The molecule has 1 aromatic heterocycles. The summed E-state index contributed by atoms with van der Waals surface area (Å²) in [7, 11) is 0. The van der Waals surface area contributed by atoms with Crippen molar-refractivity contribution >= 4 is 5.82 Å². The fraction of sp³-hybridized carbons (Fsp3) is 0.684. The van der Waals surface area contributed by atoms with Crippen LogP contribution in [0.3, 0.4) is 0 Å². The molecule has 0 bridgehead atoms. The predicted molar refractivity (Wildman–Crippen MR) is 91.6 cm³/mol. The minimum Gasteiger partial charge on any atom is -0.370 e. The molecule has 3 heterocycles. The molecule has 4 heteroatoms. The van der Waals surface area contributed by atoms with E-state index in [-0.39, 0.29) is 5.60 Å². The third-order valence-corrected chi connectivity index (χ3v) is 4.97. The molecule has 3 rings (SSSR count). The zero-order chi connectivity index (χ0) is 16.4. The molecule has 0 amide bonds. The van der Waals surface area contributed by atoms with Gasteiger partial charge in [0.25, 0.3) is 0 Å². The highest BCUT2D eigenvalue weighted by Gasteiger charge is 2.32. The number of nitriles is 1. The van der Waals surface area contributed by atoms with Gasteiger partial charge in [0.2, 0.25) is 0 Å². The Bertz CT molecular complexity index is 624. The number of fused-ring (bicyclic) bond motifs is 1. The van der Waals surface area contributed by atoms with Gasteiger partial charge in [0, 0.05) is 30.8 Å². The van der Waals surface area contributed by atoms with Crippen LogP contribution in [0.5, 0.6) is 0 Å². The summed E-state index contributed by atoms with van der Waals surface area (Å²) in [5.74, 6) is 0.924. The van der Waals surface area contributed by atoms with Crippen molar-refractivity contribution in [1.29, 1.82) is 5.26 Å². The minimum absolute atomic E-state index is 0.204. The molecule has 0 saturated carbocycles. The summed E-state index contributed by atoms with van der Waals surface area (Å²) in [4.78, 5) is 7.25. The Morgan fingerprint density at radius 3 is 2.65 bits per heavy atom. The highest BCUT2D eigenvalue weighted by Crippen LogP contribution is 2.36. The van der Waals surface area contributed by atoms with Crippen LogP contribution in [-0.2, 0) is 24.2 Å². The molecule has 0 aromatic carbocycles. The summed E-state index contributed by atoms with van der Waals surface area (Å²) in [6.45, 7) is 9.05. The van der Waals surface area contributed by atoms with Crippen LogP contribution in [0.15, 0.2) is 0 Å². The molecular weight excluding hydrogens is 286 g/mol. The standard InChI is InChI=1S/C19H27N3O/c1-4-5-8-17-16-13-23-19(2,3)11-14(16)15(12-20)18(21-17)22-9-6-7-10-22/h4-11,13H2,1-3H3. The molecule has 1 saturated heterocycles. The van der Waals surface area contributed by atoms with E-state index in [2.05, 4.69) is 31.7 Å². The van der Waals surface area contributed by atoms with Gasteiger partial charge in [-0.3, -0.25) is 0 Å². The third kappa shape index (κ3) is 3.21. The number of pyridine rings is 1. The maximum atomic E-state index is 9.81. The fourth-order valence-electron chi connectivity index (χ4n) is 3.65. The summed E-state index contributed by atoms with van der Waals surface area (Å²) in [6.07, 6.45) is 6.46. The van der Waals surface area contributed by atoms with Gasteiger partial charge in [-0.2, -0.15) is 5.26 Å². The van der Waals surface area contributed by atoms with E-state index < -0.39 is 0 Å². The lowest BCUT2D eigenvalue weighted by Gasteiger charge is -2.34. The highest BCUT2D eigenvalue weighted by atomic mass is 16.5. The first-order chi connectivity index (χ1) is 11.1. The van der Waals surface area contributed by atoms with Crippen molar-refractivity contribution in [3.8, 4) is 6.07 Å². The van der Waals surface area contributed by atoms with Crippen molar-refractivity contribution in [3.05, 3.63) is 22.4 Å². The highest BCUT2D eigenvalue weighted by molar-refractivity contribution is 5.62. The molecule has 0 unspecified atom stereocenters. The molecule has 1 fully saturated rings. The molecule has 2 aliphatic rings. The lowest BCUT2D eigenvalue weighted by Crippen LogP contribution is -2.34. The molecule has 0 N–H and O–H groups in total. The van der Waals surface area contributed by atoms with Crippen LogP contribution < -0.4 is 4.90 Å². The molecular formula is C19H27N3O. The van der Waals surface area contributed by atoms with Crippen molar-refractivity contribution in [3.63, 3.8) is 0 Å². The van der Waals surface area contributed by atoms with Gasteiger partial charge in [0.05, 0.1) is 17.8 Å². The molecule has 0 spiro atoms. The predicted octanol–water partition coefficient (Wildman–Crippen LogP) is 3.75. The Morgan fingerprint density at radius 2 is 2.00 bits per heavy atom. The SMILES string of the molecule is CCCCc1nc(N2CCCC2)c(C#N)c2c1COC(C)(C)C2. The molecule has 23 heavy (non-hydrogen) atoms. The fourth-order valence-corrected chi connectivity index (χ4v) is 3.65. The number of hydrogen-bond acceptors (Lipinski definition) is 4. The molecule has 0 radical (unpaired) electrons. The average molecular weight is 313 g/mol. The number of hydrogen-bond donors (Lipinski definition) is 0. The number of aryl methyl sites for hydroxylation is 1. The van der Waals surface area contributed by atoms with Crippen LogP contribution >= 0.6 is 0 Å². The lowest BCUT2D eigenvalue weighted by atomic mass is 9.87. The lowest BCUT2D eigenvalue weighted by molar-refractivity contribution is -0.0407. The van der Waals surface area contributed by atoms with Crippen LogP contribution in [-0.4, -0.2) is 23.7 Å². The van der Waals surface area contributed by atoms with Gasteiger partial charge in [-0.25, -0.2) is 4.98 Å². The zero-order valence-corrected chi connectivity index (χ0v) is 14.6. The van der Waals surface area contributed by atoms with Crippen molar-refractivity contribution in [2.45, 2.75) is 71.5 Å². The van der Waals surface area contributed by atoms with E-state index in [1.807, 2.05) is 0 Å². The van der Waals surface area contributed by atoms with E-state index in [1.165, 1.54) is 24.0 Å². The second-order valence-corrected chi connectivity index (χ2v) is 7.35. The maximum absolute atomic E-state index is 9.81. The molecule has 124 valence electrons. The topological polar surface area (TPSA) is 49.2 Å². The van der Waals surface area contributed by atoms with Crippen molar-refractivity contribution in [1.82, 2.24) is 4.98 Å². The normalized spacial score (nSPS) is 19.5. The number of aromatic nitrogens is 1. The molecule has 0 atom stereocenters. The average Bonchev–Trinajstić information content (AvgIpc) is 3.05. The Labute approximate surface area is 139 Å². The first-order valence-electron chi connectivity index (χ1n) is 8.89. The molecule has 1 aromatic rings. The summed E-state index contributed by atoms with van der Waals surface area (Å²) in [6, 6.07) is 2.46. The molecule has 0 aliphatic carbocycles. The van der Waals surface area contributed by atoms with E-state index in [0.717, 1.165) is 55.8 Å². The van der Waals surface area contributed by atoms with Crippen LogP contribution in [0.1, 0.15) is 68.8 Å². The van der Waals surface area contributed by atoms with E-state index in [4.69, 9.17) is 9.72 Å². The van der Waals surface area contributed by atoms with E-state index >= 15 is 0 Å². The Balaban J connectivity index is 2.11. The minimum atomic E-state index is -0.204. The quantitative estimate of drug-likeness (QED) is 0.849. The van der Waals surface area contributed by atoms with Gasteiger partial charge < -0.3 is 9.64 Å². The summed E-state index contributed by atoms with van der Waals surface area (Å²) in [5, 5.41) is 9.81. The van der Waals surface area contributed by atoms with E-state index in [1.54, 1.807) is 0 Å². The van der Waals surface area contributed by atoms with Crippen LogP contribution in [0, 0.1) is 11.3 Å². The van der Waals surface area contributed by atoms with E-state index in [9.17, 15) is 5.26 Å². The third-order valence-electron chi connectivity index (χ3n) is 4.97. The van der Waals surface area contributed by atoms with Crippen LogP contribution in [0.2, 0.25) is 0 Å². The summed E-state index contributed by atoms with van der Waals surface area (Å²) in [5.41, 5.74) is 4.10. The van der Waals surface area contributed by atoms with Gasteiger partial charge in [-0.1, -0.05) is 13.3 Å². The van der Waals surface area contributed by atoms with Crippen LogP contribution in [0.4, 0.5) is 5.82 Å². The first-order valence-corrected chi connectivity index (χ1v) is 8.89. The number of unbranched alkanes of at least 4 members (excludes halogenated alkanes) is 1. The number of anilines is 1. The Kier molecular flexibility index (Phi) is 4.59. The Hall–Kier alpha value is -1.60. The van der Waals surface area contributed by atoms with Gasteiger partial charge >= 0.3 is 0 Å². The van der Waals surface area contributed by atoms with E-state index in [0.29, 0.717) is 6.61 Å². The first kappa shape index (κ1) is 16.3. The van der Waals surface area contributed by atoms with Crippen molar-refractivity contribution in [2.75, 3.05) is 18.0 Å². The number of nitrogens with zero attached hydrogens (tertiary/aromatic N) is 3. The van der Waals surface area contributed by atoms with Gasteiger partial charge in [-0.15, -0.1) is 0 Å². The maximum Gasteiger partial charge on any atom is 0.147 e. The van der Waals surface area contributed by atoms with Gasteiger partial charge in [-0.05, 0) is 45.1 Å². The summed E-state index contributed by atoms with van der Waals surface area (Å²) < 4.78 is 6.01. The van der Waals surface area contributed by atoms with Crippen molar-refractivity contribution in [2.24, 2.45) is 0 Å². The zero-order valence-electron chi connectivity index (χ0n) is 14.6. The molecule has 4 nitrogen and oxygen atoms in total. The van der Waals surface area contributed by atoms with Crippen LogP contribution in [0.25, 0.3) is 0 Å². The Morgan fingerprint density at radius 1 is 1.26 bits per heavy atom. The van der Waals surface area contributed by atoms with Gasteiger partial charge in [0.1, 0.15) is 11.9 Å². The summed E-state index contributed by atoms with van der Waals surface area (Å²) >= 11 is 0. The largest absolute Gasteiger partial charge is 0.370 e.